The van der Waals surface area contributed by atoms with E-state index in [2.05, 4.69) is 10.6 Å². The minimum Gasteiger partial charge on any atom is -0.458 e. The van der Waals surface area contributed by atoms with Crippen LogP contribution in [0.2, 0.25) is 0 Å². The van der Waals surface area contributed by atoms with Crippen LogP contribution in [0.3, 0.4) is 0 Å². The van der Waals surface area contributed by atoms with Gasteiger partial charge in [-0.3, -0.25) is 14.4 Å². The molecule has 0 spiro atoms. The lowest BCUT2D eigenvalue weighted by Crippen LogP contribution is -2.56. The van der Waals surface area contributed by atoms with Gasteiger partial charge in [0.25, 0.3) is 0 Å². The summed E-state index contributed by atoms with van der Waals surface area (Å²) in [6.07, 6.45) is -1.48. The SMILES string of the molecule is Cc1cccc(C(C(=O)NC(Cc2ccccc2)C(=O)OC(C)(C)C)N(CCO)C(=O)C(CC(N)=O)NC(=O)OC(C)(C)C)c1C. The van der Waals surface area contributed by atoms with Crippen molar-refractivity contribution >= 4 is 29.8 Å². The molecule has 2 rings (SSSR count). The molecular weight excluding hydrogens is 592 g/mol. The molecule has 3 atom stereocenters. The first-order valence-corrected chi connectivity index (χ1v) is 15.2. The number of hydrogen-bond donors (Lipinski definition) is 4. The number of aliphatic hydroxyl groups is 1. The molecule has 0 fully saturated rings. The fourth-order valence-corrected chi connectivity index (χ4v) is 4.71. The summed E-state index contributed by atoms with van der Waals surface area (Å²) < 4.78 is 10.9. The normalized spacial score (nSPS) is 13.5. The third-order valence-electron chi connectivity index (χ3n) is 6.81. The summed E-state index contributed by atoms with van der Waals surface area (Å²) in [5, 5.41) is 15.3. The smallest absolute Gasteiger partial charge is 0.408 e. The minimum absolute atomic E-state index is 0.0967. The predicted octanol–water partition coefficient (Wildman–Crippen LogP) is 3.00. The quantitative estimate of drug-likeness (QED) is 0.242. The van der Waals surface area contributed by atoms with Gasteiger partial charge in [0, 0.05) is 13.0 Å². The maximum absolute atomic E-state index is 14.4. The standard InChI is InChI=1S/C34H48N4O8/c1-21-13-12-16-24(22(21)2)28(29(41)36-26(31(43)45-33(3,4)5)19-23-14-10-9-11-15-23)38(17-18-39)30(42)25(20-27(35)40)37-32(44)46-34(6,7)8/h9-16,25-26,28,39H,17-20H2,1-8H3,(H2,35,40)(H,36,41)(H,37,44). The Kier molecular flexibility index (Phi) is 13.3. The fraction of sp³-hybridized carbons (Fsp3) is 0.500. The summed E-state index contributed by atoms with van der Waals surface area (Å²) in [4.78, 5) is 67.7. The zero-order valence-corrected chi connectivity index (χ0v) is 28.0. The summed E-state index contributed by atoms with van der Waals surface area (Å²) in [5.41, 5.74) is 6.35. The molecule has 4 amide bonds. The number of esters is 1. The molecular formula is C34H48N4O8. The van der Waals surface area contributed by atoms with Gasteiger partial charge in [-0.2, -0.15) is 0 Å². The molecule has 0 bridgehead atoms. The van der Waals surface area contributed by atoms with E-state index >= 15 is 0 Å². The average molecular weight is 641 g/mol. The zero-order valence-electron chi connectivity index (χ0n) is 28.0. The highest BCUT2D eigenvalue weighted by atomic mass is 16.6. The molecule has 2 aromatic carbocycles. The second-order valence-corrected chi connectivity index (χ2v) is 13.1. The topological polar surface area (TPSA) is 177 Å². The molecule has 0 aliphatic carbocycles. The monoisotopic (exact) mass is 640 g/mol. The molecule has 46 heavy (non-hydrogen) atoms. The number of amides is 4. The van der Waals surface area contributed by atoms with Crippen molar-refractivity contribution in [1.82, 2.24) is 15.5 Å². The van der Waals surface area contributed by atoms with E-state index in [1.807, 2.05) is 31.2 Å². The van der Waals surface area contributed by atoms with Crippen LogP contribution in [0.4, 0.5) is 4.79 Å². The van der Waals surface area contributed by atoms with Gasteiger partial charge in [0.2, 0.25) is 17.7 Å². The number of aliphatic hydroxyl groups excluding tert-OH is 1. The molecule has 3 unspecified atom stereocenters. The molecule has 0 saturated carbocycles. The van der Waals surface area contributed by atoms with Crippen molar-refractivity contribution in [1.29, 1.82) is 0 Å². The number of ether oxygens (including phenoxy) is 2. The van der Waals surface area contributed by atoms with E-state index in [9.17, 15) is 29.1 Å². The highest BCUT2D eigenvalue weighted by Gasteiger charge is 2.39. The number of nitrogens with one attached hydrogen (secondary N) is 2. The molecule has 0 aromatic heterocycles. The van der Waals surface area contributed by atoms with Crippen LogP contribution in [0.5, 0.6) is 0 Å². The number of hydrogen-bond acceptors (Lipinski definition) is 8. The first-order chi connectivity index (χ1) is 21.3. The van der Waals surface area contributed by atoms with E-state index in [0.717, 1.165) is 16.0 Å². The zero-order chi connectivity index (χ0) is 34.8. The Morgan fingerprint density at radius 1 is 0.848 bits per heavy atom. The number of aryl methyl sites for hydroxylation is 1. The lowest BCUT2D eigenvalue weighted by atomic mass is 9.94. The van der Waals surface area contributed by atoms with Crippen molar-refractivity contribution in [3.63, 3.8) is 0 Å². The third kappa shape index (κ3) is 11.8. The van der Waals surface area contributed by atoms with Gasteiger partial charge in [-0.25, -0.2) is 9.59 Å². The van der Waals surface area contributed by atoms with Gasteiger partial charge in [-0.15, -0.1) is 0 Å². The number of benzene rings is 2. The molecule has 5 N–H and O–H groups in total. The number of nitrogens with two attached hydrogens (primary N) is 1. The Hall–Kier alpha value is -4.45. The first kappa shape index (κ1) is 37.7. The summed E-state index contributed by atoms with van der Waals surface area (Å²) in [5.74, 6) is -3.17. The van der Waals surface area contributed by atoms with Gasteiger partial charge >= 0.3 is 12.1 Å². The lowest BCUT2D eigenvalue weighted by Gasteiger charge is -2.35. The van der Waals surface area contributed by atoms with E-state index in [0.29, 0.717) is 11.1 Å². The molecule has 12 heteroatoms. The van der Waals surface area contributed by atoms with E-state index < -0.39 is 72.1 Å². The van der Waals surface area contributed by atoms with Crippen LogP contribution in [-0.4, -0.2) is 76.2 Å². The van der Waals surface area contributed by atoms with Crippen molar-refractivity contribution in [2.75, 3.05) is 13.2 Å². The van der Waals surface area contributed by atoms with Crippen molar-refractivity contribution in [3.05, 3.63) is 70.8 Å². The van der Waals surface area contributed by atoms with Crippen molar-refractivity contribution in [2.45, 2.75) is 97.6 Å². The van der Waals surface area contributed by atoms with E-state index in [1.165, 1.54) is 0 Å². The molecule has 0 heterocycles. The van der Waals surface area contributed by atoms with Gasteiger partial charge in [0.05, 0.1) is 13.0 Å². The van der Waals surface area contributed by atoms with Crippen LogP contribution in [0.25, 0.3) is 0 Å². The van der Waals surface area contributed by atoms with Gasteiger partial charge in [0.1, 0.15) is 29.3 Å². The van der Waals surface area contributed by atoms with E-state index in [1.54, 1.807) is 72.7 Å². The minimum atomic E-state index is -1.52. The van der Waals surface area contributed by atoms with Crippen LogP contribution in [0.15, 0.2) is 48.5 Å². The Bertz CT molecular complexity index is 1380. The summed E-state index contributed by atoms with van der Waals surface area (Å²) in [7, 11) is 0. The molecule has 0 radical (unpaired) electrons. The summed E-state index contributed by atoms with van der Waals surface area (Å²) in [6, 6.07) is 10.2. The van der Waals surface area contributed by atoms with Crippen molar-refractivity contribution in [3.8, 4) is 0 Å². The molecule has 0 saturated heterocycles. The highest BCUT2D eigenvalue weighted by molar-refractivity contribution is 5.96. The fourth-order valence-electron chi connectivity index (χ4n) is 4.71. The number of alkyl carbamates (subject to hydrolysis) is 1. The van der Waals surface area contributed by atoms with Crippen LogP contribution in [-0.2, 0) is 35.1 Å². The number of carbonyl (C=O) groups excluding carboxylic acids is 5. The van der Waals surface area contributed by atoms with Crippen LogP contribution in [0.1, 0.15) is 76.3 Å². The molecule has 0 aliphatic heterocycles. The van der Waals surface area contributed by atoms with Crippen molar-refractivity contribution < 1.29 is 38.6 Å². The van der Waals surface area contributed by atoms with Crippen LogP contribution >= 0.6 is 0 Å². The lowest BCUT2D eigenvalue weighted by molar-refractivity contribution is -0.159. The summed E-state index contributed by atoms with van der Waals surface area (Å²) in [6.45, 7) is 12.7. The number of nitrogens with zero attached hydrogens (tertiary/aromatic N) is 1. The van der Waals surface area contributed by atoms with Gasteiger partial charge in [0.15, 0.2) is 0 Å². The molecule has 0 aliphatic rings. The average Bonchev–Trinajstić information content (AvgIpc) is 2.92. The number of rotatable bonds is 13. The maximum atomic E-state index is 14.4. The Morgan fingerprint density at radius 2 is 1.46 bits per heavy atom. The molecule has 252 valence electrons. The Balaban J connectivity index is 2.64. The van der Waals surface area contributed by atoms with Crippen LogP contribution < -0.4 is 16.4 Å². The van der Waals surface area contributed by atoms with Gasteiger partial charge in [-0.1, -0.05) is 48.5 Å². The summed E-state index contributed by atoms with van der Waals surface area (Å²) >= 11 is 0. The van der Waals surface area contributed by atoms with E-state index in [-0.39, 0.29) is 13.0 Å². The Morgan fingerprint density at radius 3 is 2.00 bits per heavy atom. The van der Waals surface area contributed by atoms with Gasteiger partial charge in [-0.05, 0) is 77.6 Å². The second kappa shape index (κ2) is 16.2. The largest absolute Gasteiger partial charge is 0.458 e. The highest BCUT2D eigenvalue weighted by Crippen LogP contribution is 2.28. The number of carbonyl (C=O) groups is 5. The molecule has 12 nitrogen and oxygen atoms in total. The molecule has 2 aromatic rings. The predicted molar refractivity (Wildman–Crippen MR) is 172 cm³/mol. The van der Waals surface area contributed by atoms with Crippen molar-refractivity contribution in [2.24, 2.45) is 5.73 Å². The van der Waals surface area contributed by atoms with Gasteiger partial charge < -0.3 is 35.8 Å². The Labute approximate surface area is 271 Å². The third-order valence-corrected chi connectivity index (χ3v) is 6.81. The van der Waals surface area contributed by atoms with Crippen LogP contribution in [0, 0.1) is 13.8 Å². The van der Waals surface area contributed by atoms with E-state index in [4.69, 9.17) is 15.2 Å². The second-order valence-electron chi connectivity index (χ2n) is 13.1. The first-order valence-electron chi connectivity index (χ1n) is 15.2. The number of primary amides is 1. The maximum Gasteiger partial charge on any atom is 0.408 e.